The summed E-state index contributed by atoms with van der Waals surface area (Å²) in [4.78, 5) is 12.1. The van der Waals surface area contributed by atoms with E-state index < -0.39 is 21.8 Å². The molecule has 0 radical (unpaired) electrons. The maximum absolute atomic E-state index is 12.1. The van der Waals surface area contributed by atoms with E-state index >= 15 is 0 Å². The molecule has 0 aliphatic rings. The van der Waals surface area contributed by atoms with Crippen molar-refractivity contribution in [2.45, 2.75) is 19.0 Å². The first-order valence-corrected chi connectivity index (χ1v) is 8.70. The minimum atomic E-state index is -4.12. The fourth-order valence-corrected chi connectivity index (χ4v) is 2.53. The van der Waals surface area contributed by atoms with Crippen LogP contribution >= 0.6 is 0 Å². The summed E-state index contributed by atoms with van der Waals surface area (Å²) in [5.41, 5.74) is 3.58. The Hall–Kier alpha value is -1.21. The lowest BCUT2D eigenvalue weighted by Gasteiger charge is -2.14. The van der Waals surface area contributed by atoms with Crippen LogP contribution in [0.3, 0.4) is 0 Å². The molecule has 1 aromatic rings. The highest BCUT2D eigenvalue weighted by molar-refractivity contribution is 7.85. The van der Waals surface area contributed by atoms with E-state index in [2.05, 4.69) is 6.07 Å². The third kappa shape index (κ3) is 5.24. The first-order chi connectivity index (χ1) is 9.82. The zero-order valence-corrected chi connectivity index (χ0v) is 13.5. The monoisotopic (exact) mass is 308 g/mol. The van der Waals surface area contributed by atoms with Crippen molar-refractivity contribution in [2.75, 3.05) is 12.4 Å². The van der Waals surface area contributed by atoms with Gasteiger partial charge in [0.05, 0.1) is 5.56 Å². The van der Waals surface area contributed by atoms with E-state index in [-0.39, 0.29) is 6.61 Å². The van der Waals surface area contributed by atoms with Crippen LogP contribution in [-0.2, 0) is 33.8 Å². The maximum Gasteiger partial charge on any atom is 0.338 e. The topological polar surface area (TPSA) is 80.7 Å². The van der Waals surface area contributed by atoms with E-state index in [0.717, 1.165) is 29.3 Å². The van der Waals surface area contributed by atoms with Gasteiger partial charge in [0.15, 0.2) is 0 Å². The van der Waals surface area contributed by atoms with E-state index in [1.807, 2.05) is 23.5 Å². The molecule has 0 heterocycles. The van der Waals surface area contributed by atoms with E-state index in [4.69, 9.17) is 9.29 Å². The summed E-state index contributed by atoms with van der Waals surface area (Å²) in [5.74, 6) is -1.13. The first kappa shape index (κ1) is 17.8. The van der Waals surface area contributed by atoms with Crippen LogP contribution in [-0.4, -0.2) is 54.8 Å². The van der Waals surface area contributed by atoms with Crippen LogP contribution in [0.25, 0.3) is 0 Å². The van der Waals surface area contributed by atoms with Gasteiger partial charge in [0.25, 0.3) is 10.1 Å². The summed E-state index contributed by atoms with van der Waals surface area (Å²) in [6.07, 6.45) is 2.33. The van der Waals surface area contributed by atoms with Gasteiger partial charge in [0.1, 0.15) is 35.9 Å². The van der Waals surface area contributed by atoms with Crippen molar-refractivity contribution < 1.29 is 22.5 Å². The molecule has 0 aliphatic heterocycles. The number of carbonyl (C=O) groups excluding carboxylic acids is 1. The second-order valence-corrected chi connectivity index (χ2v) is 6.34. The maximum atomic E-state index is 12.1. The highest BCUT2D eigenvalue weighted by Gasteiger charge is 2.17. The molecule has 0 unspecified atom stereocenters. The van der Waals surface area contributed by atoms with Crippen LogP contribution in [0.15, 0.2) is 12.1 Å². The summed E-state index contributed by atoms with van der Waals surface area (Å²) in [5, 5.41) is 0. The number of hydrogen-bond acceptors (Lipinski definition) is 4. The lowest BCUT2D eigenvalue weighted by atomic mass is 9.81. The van der Waals surface area contributed by atoms with E-state index in [0.29, 0.717) is 11.9 Å². The van der Waals surface area contributed by atoms with Crippen LogP contribution < -0.4 is 0 Å². The first-order valence-electron chi connectivity index (χ1n) is 7.09. The van der Waals surface area contributed by atoms with Gasteiger partial charge in [-0.15, -0.1) is 0 Å². The SMILES string of the molecule is BCc1cc(CB)c(CB)c(C(=O)OCCS(=O)(=O)O)c1. The summed E-state index contributed by atoms with van der Waals surface area (Å²) in [7, 11) is 1.88. The predicted octanol–water partition coefficient (Wildman–Crippen LogP) is -1.87. The Morgan fingerprint density at radius 3 is 2.29 bits per heavy atom. The average molecular weight is 308 g/mol. The standard InChI is InChI=1S/C12H19B3O5S/c13-5-8-3-9(6-14)11(7-15)10(4-8)12(16)20-1-2-21(17,18)19/h3-4H,1-2,5-7,13-15H2,(H,17,18,19). The molecule has 0 spiro atoms. The van der Waals surface area contributed by atoms with Gasteiger partial charge in [-0.3, -0.25) is 4.55 Å². The number of hydrogen-bond donors (Lipinski definition) is 1. The van der Waals surface area contributed by atoms with Gasteiger partial charge in [-0.25, -0.2) is 4.79 Å². The van der Waals surface area contributed by atoms with Crippen LogP contribution in [0, 0.1) is 0 Å². The molecule has 0 aliphatic carbocycles. The van der Waals surface area contributed by atoms with Gasteiger partial charge >= 0.3 is 5.97 Å². The van der Waals surface area contributed by atoms with Gasteiger partial charge in [0, 0.05) is 0 Å². The molecule has 0 aromatic heterocycles. The minimum Gasteiger partial charge on any atom is -0.461 e. The molecular weight excluding hydrogens is 289 g/mol. The molecule has 1 aromatic carbocycles. The van der Waals surface area contributed by atoms with Gasteiger partial charge in [-0.2, -0.15) is 8.42 Å². The van der Waals surface area contributed by atoms with E-state index in [1.165, 1.54) is 0 Å². The summed E-state index contributed by atoms with van der Waals surface area (Å²) in [6, 6.07) is 3.89. The van der Waals surface area contributed by atoms with Crippen molar-refractivity contribution in [1.29, 1.82) is 0 Å². The summed E-state index contributed by atoms with van der Waals surface area (Å²) >= 11 is 0. The highest BCUT2D eigenvalue weighted by Crippen LogP contribution is 2.19. The second kappa shape index (κ2) is 7.70. The number of ether oxygens (including phenoxy) is 1. The Morgan fingerprint density at radius 1 is 1.14 bits per heavy atom. The largest absolute Gasteiger partial charge is 0.461 e. The van der Waals surface area contributed by atoms with Crippen LogP contribution in [0.5, 0.6) is 0 Å². The molecule has 0 saturated carbocycles. The Balaban J connectivity index is 3.01. The van der Waals surface area contributed by atoms with E-state index in [1.54, 1.807) is 6.07 Å². The summed E-state index contributed by atoms with van der Waals surface area (Å²) in [6.45, 7) is -0.349. The van der Waals surface area contributed by atoms with Crippen molar-refractivity contribution in [3.63, 3.8) is 0 Å². The number of rotatable bonds is 7. The fourth-order valence-electron chi connectivity index (χ4n) is 2.23. The van der Waals surface area contributed by atoms with Gasteiger partial charge < -0.3 is 4.74 Å². The van der Waals surface area contributed by atoms with Crippen molar-refractivity contribution in [1.82, 2.24) is 0 Å². The molecular formula is C12H19B3O5S. The van der Waals surface area contributed by atoms with E-state index in [9.17, 15) is 13.2 Å². The number of benzene rings is 1. The lowest BCUT2D eigenvalue weighted by Crippen LogP contribution is -2.17. The zero-order chi connectivity index (χ0) is 16.0. The fraction of sp³-hybridized carbons (Fsp3) is 0.417. The smallest absolute Gasteiger partial charge is 0.338 e. The third-order valence-electron chi connectivity index (χ3n) is 3.34. The predicted molar refractivity (Wildman–Crippen MR) is 89.9 cm³/mol. The van der Waals surface area contributed by atoms with Crippen LogP contribution in [0.2, 0.25) is 0 Å². The highest BCUT2D eigenvalue weighted by atomic mass is 32.2. The summed E-state index contributed by atoms with van der Waals surface area (Å²) < 4.78 is 34.9. The average Bonchev–Trinajstić information content (AvgIpc) is 2.44. The molecule has 0 atom stereocenters. The van der Waals surface area contributed by atoms with Crippen molar-refractivity contribution in [2.24, 2.45) is 0 Å². The van der Waals surface area contributed by atoms with Crippen molar-refractivity contribution in [3.8, 4) is 0 Å². The van der Waals surface area contributed by atoms with Gasteiger partial charge in [0.2, 0.25) is 0 Å². The molecule has 112 valence electrons. The normalized spacial score (nSPS) is 11.3. The Labute approximate surface area is 128 Å². The van der Waals surface area contributed by atoms with Crippen molar-refractivity contribution in [3.05, 3.63) is 34.4 Å². The molecule has 1 N–H and O–H groups in total. The zero-order valence-electron chi connectivity index (χ0n) is 12.7. The second-order valence-electron chi connectivity index (χ2n) is 4.76. The number of carbonyl (C=O) groups is 1. The molecule has 1 rings (SSSR count). The Kier molecular flexibility index (Phi) is 6.55. The molecule has 0 bridgehead atoms. The minimum absolute atomic E-state index is 0.349. The Bertz CT molecular complexity index is 616. The molecule has 5 nitrogen and oxygen atoms in total. The molecule has 0 fully saturated rings. The molecule has 9 heteroatoms. The quantitative estimate of drug-likeness (QED) is 0.363. The lowest BCUT2D eigenvalue weighted by molar-refractivity contribution is 0.0527. The van der Waals surface area contributed by atoms with Gasteiger partial charge in [-0.1, -0.05) is 36.2 Å². The van der Waals surface area contributed by atoms with Crippen molar-refractivity contribution >= 4 is 39.6 Å². The van der Waals surface area contributed by atoms with Crippen LogP contribution in [0.1, 0.15) is 27.0 Å². The van der Waals surface area contributed by atoms with Crippen LogP contribution in [0.4, 0.5) is 0 Å². The van der Waals surface area contributed by atoms with Gasteiger partial charge in [-0.05, 0) is 11.6 Å². The molecule has 0 saturated heterocycles. The Morgan fingerprint density at radius 2 is 1.81 bits per heavy atom. The third-order valence-corrected chi connectivity index (χ3v) is 4.02. The molecule has 21 heavy (non-hydrogen) atoms. The molecule has 0 amide bonds. The number of esters is 1.